The van der Waals surface area contributed by atoms with Crippen molar-refractivity contribution in [3.8, 4) is 23.0 Å². The Morgan fingerprint density at radius 1 is 0.931 bits per heavy atom. The highest BCUT2D eigenvalue weighted by atomic mass is 16.6. The van der Waals surface area contributed by atoms with Crippen LogP contribution in [0.5, 0.6) is 11.5 Å². The topological polar surface area (TPSA) is 73.6 Å². The van der Waals surface area contributed by atoms with Crippen LogP contribution >= 0.6 is 0 Å². The maximum Gasteiger partial charge on any atom is 0.227 e. The summed E-state index contributed by atoms with van der Waals surface area (Å²) in [5, 5.41) is 3.16. The molecule has 0 saturated carbocycles. The maximum absolute atomic E-state index is 12.5. The van der Waals surface area contributed by atoms with E-state index in [1.54, 1.807) is 18.2 Å². The summed E-state index contributed by atoms with van der Waals surface area (Å²) in [7, 11) is 0. The molecule has 6 nitrogen and oxygen atoms in total. The molecule has 1 aromatic heterocycles. The molecule has 0 atom stereocenters. The van der Waals surface area contributed by atoms with Gasteiger partial charge in [0.15, 0.2) is 22.9 Å². The van der Waals surface area contributed by atoms with Gasteiger partial charge in [-0.1, -0.05) is 12.1 Å². The number of anilines is 1. The van der Waals surface area contributed by atoms with Crippen LogP contribution in [0, 0.1) is 0 Å². The molecule has 0 spiro atoms. The van der Waals surface area contributed by atoms with Gasteiger partial charge in [0.2, 0.25) is 5.89 Å². The van der Waals surface area contributed by atoms with Gasteiger partial charge < -0.3 is 19.2 Å². The molecule has 5 rings (SSSR count). The molecule has 144 valence electrons. The highest BCUT2D eigenvalue weighted by Crippen LogP contribution is 2.31. The minimum absolute atomic E-state index is 0.0231. The van der Waals surface area contributed by atoms with Crippen molar-refractivity contribution in [2.75, 3.05) is 25.1 Å². The second-order valence-corrected chi connectivity index (χ2v) is 6.70. The van der Waals surface area contributed by atoms with Crippen LogP contribution in [-0.4, -0.2) is 30.5 Å². The van der Waals surface area contributed by atoms with Crippen molar-refractivity contribution in [3.05, 3.63) is 72.3 Å². The highest BCUT2D eigenvalue weighted by Gasteiger charge is 2.15. The second-order valence-electron chi connectivity index (χ2n) is 6.70. The molecule has 29 heavy (non-hydrogen) atoms. The summed E-state index contributed by atoms with van der Waals surface area (Å²) in [6.45, 7) is 1.21. The van der Waals surface area contributed by atoms with E-state index in [2.05, 4.69) is 10.3 Å². The molecule has 1 N–H and O–H groups in total. The molecule has 0 unspecified atom stereocenters. The Kier molecular flexibility index (Phi) is 4.37. The minimum Gasteiger partial charge on any atom is -0.486 e. The van der Waals surface area contributed by atoms with Gasteiger partial charge >= 0.3 is 0 Å². The fraction of sp³-hybridized carbons (Fsp3) is 0.130. The van der Waals surface area contributed by atoms with E-state index in [4.69, 9.17) is 13.9 Å². The molecule has 0 amide bonds. The highest BCUT2D eigenvalue weighted by molar-refractivity contribution is 5.99. The van der Waals surface area contributed by atoms with Crippen molar-refractivity contribution < 1.29 is 18.7 Å². The predicted octanol–water partition coefficient (Wildman–Crippen LogP) is 4.56. The number of oxazole rings is 1. The predicted molar refractivity (Wildman–Crippen MR) is 110 cm³/mol. The number of hydrogen-bond donors (Lipinski definition) is 1. The van der Waals surface area contributed by atoms with Crippen LogP contribution in [0.2, 0.25) is 0 Å². The van der Waals surface area contributed by atoms with Crippen molar-refractivity contribution >= 4 is 22.6 Å². The van der Waals surface area contributed by atoms with Crippen LogP contribution in [0.15, 0.2) is 71.1 Å². The number of aromatic nitrogens is 1. The van der Waals surface area contributed by atoms with Crippen LogP contribution in [0.1, 0.15) is 10.4 Å². The summed E-state index contributed by atoms with van der Waals surface area (Å²) in [4.78, 5) is 17.0. The number of para-hydroxylation sites is 2. The van der Waals surface area contributed by atoms with Gasteiger partial charge in [0, 0.05) is 16.8 Å². The number of ketones is 1. The number of nitrogens with one attached hydrogen (secondary N) is 1. The number of ether oxygens (including phenoxy) is 2. The molecular weight excluding hydrogens is 368 g/mol. The Hall–Kier alpha value is -3.80. The van der Waals surface area contributed by atoms with Gasteiger partial charge in [-0.05, 0) is 54.6 Å². The van der Waals surface area contributed by atoms with Gasteiger partial charge in [-0.3, -0.25) is 4.79 Å². The number of Topliss-reactive ketones (excluding diaryl/α,β-unsaturated/α-hetero) is 1. The zero-order valence-electron chi connectivity index (χ0n) is 15.6. The maximum atomic E-state index is 12.5. The van der Waals surface area contributed by atoms with Crippen molar-refractivity contribution in [2.45, 2.75) is 0 Å². The van der Waals surface area contributed by atoms with E-state index in [1.165, 1.54) is 0 Å². The number of carbonyl (C=O) groups is 1. The first-order valence-corrected chi connectivity index (χ1v) is 9.39. The van der Waals surface area contributed by atoms with Crippen molar-refractivity contribution in [1.29, 1.82) is 0 Å². The summed E-state index contributed by atoms with van der Waals surface area (Å²) in [6, 6.07) is 20.6. The molecule has 1 aliphatic heterocycles. The summed E-state index contributed by atoms with van der Waals surface area (Å²) in [6.07, 6.45) is 0. The van der Waals surface area contributed by atoms with E-state index in [9.17, 15) is 4.79 Å². The summed E-state index contributed by atoms with van der Waals surface area (Å²) < 4.78 is 16.8. The molecule has 6 heteroatoms. The summed E-state index contributed by atoms with van der Waals surface area (Å²) >= 11 is 0. The van der Waals surface area contributed by atoms with E-state index in [0.29, 0.717) is 36.2 Å². The largest absolute Gasteiger partial charge is 0.486 e. The number of fused-ring (bicyclic) bond motifs is 2. The number of rotatable bonds is 5. The zero-order chi connectivity index (χ0) is 19.6. The minimum atomic E-state index is -0.0231. The molecular formula is C23H18N2O4. The third kappa shape index (κ3) is 3.52. The van der Waals surface area contributed by atoms with E-state index < -0.39 is 0 Å². The number of hydrogen-bond acceptors (Lipinski definition) is 6. The fourth-order valence-electron chi connectivity index (χ4n) is 3.23. The third-order valence-electron chi connectivity index (χ3n) is 4.74. The van der Waals surface area contributed by atoms with Gasteiger partial charge in [-0.15, -0.1) is 0 Å². The van der Waals surface area contributed by atoms with Gasteiger partial charge in [-0.2, -0.15) is 0 Å². The average molecular weight is 386 g/mol. The van der Waals surface area contributed by atoms with Crippen LogP contribution in [0.25, 0.3) is 22.6 Å². The lowest BCUT2D eigenvalue weighted by Crippen LogP contribution is -2.17. The zero-order valence-corrected chi connectivity index (χ0v) is 15.6. The Morgan fingerprint density at radius 2 is 1.72 bits per heavy atom. The summed E-state index contributed by atoms with van der Waals surface area (Å²) in [5.74, 6) is 1.84. The van der Waals surface area contributed by atoms with Crippen LogP contribution in [0.4, 0.5) is 5.69 Å². The number of carbonyl (C=O) groups excluding carboxylic acids is 1. The smallest absolute Gasteiger partial charge is 0.227 e. The second kappa shape index (κ2) is 7.31. The van der Waals surface area contributed by atoms with Gasteiger partial charge in [0.1, 0.15) is 18.7 Å². The lowest BCUT2D eigenvalue weighted by Gasteiger charge is -2.18. The molecule has 1 aliphatic rings. The molecule has 0 radical (unpaired) electrons. The first-order chi connectivity index (χ1) is 14.3. The van der Waals surface area contributed by atoms with E-state index >= 15 is 0 Å². The third-order valence-corrected chi connectivity index (χ3v) is 4.74. The molecule has 2 heterocycles. The van der Waals surface area contributed by atoms with Gasteiger partial charge in [0.25, 0.3) is 0 Å². The molecule has 0 aliphatic carbocycles. The molecule has 3 aromatic carbocycles. The molecule has 4 aromatic rings. The Balaban J connectivity index is 1.26. The standard InChI is InChI=1S/C23H18N2O4/c26-19(16-7-10-21-22(13-16)28-12-11-27-21)14-24-17-8-5-15(6-9-17)23-25-18-3-1-2-4-20(18)29-23/h1-10,13,24H,11-12,14H2. The molecule has 0 saturated heterocycles. The Labute approximate surface area is 167 Å². The first kappa shape index (κ1) is 17.3. The van der Waals surface area contributed by atoms with Crippen molar-refractivity contribution in [2.24, 2.45) is 0 Å². The van der Waals surface area contributed by atoms with E-state index in [0.717, 1.165) is 22.4 Å². The Morgan fingerprint density at radius 3 is 2.55 bits per heavy atom. The summed E-state index contributed by atoms with van der Waals surface area (Å²) in [5.41, 5.74) is 3.90. The molecule has 0 bridgehead atoms. The van der Waals surface area contributed by atoms with Crippen molar-refractivity contribution in [3.63, 3.8) is 0 Å². The lowest BCUT2D eigenvalue weighted by molar-refractivity contribution is 0.100. The van der Waals surface area contributed by atoms with Crippen LogP contribution in [0.3, 0.4) is 0 Å². The lowest BCUT2D eigenvalue weighted by atomic mass is 10.1. The molecule has 0 fully saturated rings. The monoisotopic (exact) mass is 386 g/mol. The number of benzene rings is 3. The van der Waals surface area contributed by atoms with Crippen LogP contribution < -0.4 is 14.8 Å². The normalized spacial score (nSPS) is 12.7. The van der Waals surface area contributed by atoms with E-state index in [1.807, 2.05) is 48.5 Å². The quantitative estimate of drug-likeness (QED) is 0.507. The van der Waals surface area contributed by atoms with E-state index in [-0.39, 0.29) is 12.3 Å². The first-order valence-electron chi connectivity index (χ1n) is 9.39. The van der Waals surface area contributed by atoms with Gasteiger partial charge in [-0.25, -0.2) is 4.98 Å². The fourth-order valence-corrected chi connectivity index (χ4v) is 3.23. The average Bonchev–Trinajstić information content (AvgIpc) is 3.22. The SMILES string of the molecule is O=C(CNc1ccc(-c2nc3ccccc3o2)cc1)c1ccc2c(c1)OCCO2. The van der Waals surface area contributed by atoms with Crippen molar-refractivity contribution in [1.82, 2.24) is 4.98 Å². The van der Waals surface area contributed by atoms with Gasteiger partial charge in [0.05, 0.1) is 6.54 Å². The Bertz CT molecular complexity index is 1150. The van der Waals surface area contributed by atoms with Crippen LogP contribution in [-0.2, 0) is 0 Å². The number of nitrogens with zero attached hydrogens (tertiary/aromatic N) is 1.